The van der Waals surface area contributed by atoms with Crippen LogP contribution >= 0.6 is 0 Å². The minimum absolute atomic E-state index is 0.162. The highest BCUT2D eigenvalue weighted by Crippen LogP contribution is 2.23. The van der Waals surface area contributed by atoms with E-state index in [1.54, 1.807) is 0 Å². The van der Waals surface area contributed by atoms with Crippen LogP contribution in [0.2, 0.25) is 0 Å². The van der Waals surface area contributed by atoms with E-state index >= 15 is 0 Å². The second-order valence-electron chi connectivity index (χ2n) is 6.26. The van der Waals surface area contributed by atoms with Crippen molar-refractivity contribution in [3.63, 3.8) is 0 Å². The average Bonchev–Trinajstić information content (AvgIpc) is 2.56. The summed E-state index contributed by atoms with van der Waals surface area (Å²) in [5, 5.41) is 3.28. The number of benzene rings is 1. The molecular formula is C17H25N3O. The highest BCUT2D eigenvalue weighted by atomic mass is 16.2. The zero-order chi connectivity index (χ0) is 14.7. The molecule has 0 aliphatic carbocycles. The van der Waals surface area contributed by atoms with Crippen molar-refractivity contribution >= 4 is 11.6 Å². The first kappa shape index (κ1) is 14.4. The number of amides is 1. The van der Waals surface area contributed by atoms with Crippen LogP contribution in [-0.4, -0.2) is 50.1 Å². The van der Waals surface area contributed by atoms with Crippen molar-refractivity contribution in [2.24, 2.45) is 5.92 Å². The quantitative estimate of drug-likeness (QED) is 0.903. The molecule has 1 aromatic rings. The molecule has 0 atom stereocenters. The van der Waals surface area contributed by atoms with Gasteiger partial charge in [-0.05, 0) is 43.0 Å². The smallest absolute Gasteiger partial charge is 0.253 e. The highest BCUT2D eigenvalue weighted by Gasteiger charge is 2.19. The molecule has 2 heterocycles. The van der Waals surface area contributed by atoms with Crippen LogP contribution in [0.5, 0.6) is 0 Å². The zero-order valence-corrected chi connectivity index (χ0v) is 12.8. The van der Waals surface area contributed by atoms with Crippen LogP contribution < -0.4 is 10.2 Å². The van der Waals surface area contributed by atoms with E-state index in [4.69, 9.17) is 0 Å². The highest BCUT2D eigenvalue weighted by molar-refractivity contribution is 5.94. The van der Waals surface area contributed by atoms with Gasteiger partial charge in [-0.25, -0.2) is 0 Å². The van der Waals surface area contributed by atoms with E-state index in [2.05, 4.69) is 29.3 Å². The number of hydrogen-bond donors (Lipinski definition) is 1. The lowest BCUT2D eigenvalue weighted by molar-refractivity contribution is 0.0736. The number of rotatable bonds is 2. The SMILES string of the molecule is CC1CCN(c2ccc(C(=O)N3CCNCC3)cc2)CC1. The number of carbonyl (C=O) groups is 1. The summed E-state index contributed by atoms with van der Waals surface area (Å²) < 4.78 is 0. The first-order chi connectivity index (χ1) is 10.2. The van der Waals surface area contributed by atoms with E-state index in [1.807, 2.05) is 17.0 Å². The molecule has 2 fully saturated rings. The fourth-order valence-corrected chi connectivity index (χ4v) is 3.13. The first-order valence-electron chi connectivity index (χ1n) is 8.09. The molecule has 4 heteroatoms. The lowest BCUT2D eigenvalue weighted by Crippen LogP contribution is -2.46. The zero-order valence-electron chi connectivity index (χ0n) is 12.8. The van der Waals surface area contributed by atoms with Gasteiger partial charge in [-0.2, -0.15) is 0 Å². The van der Waals surface area contributed by atoms with Gasteiger partial charge < -0.3 is 15.1 Å². The summed E-state index contributed by atoms with van der Waals surface area (Å²) in [6, 6.07) is 8.17. The van der Waals surface area contributed by atoms with Crippen LogP contribution in [0.1, 0.15) is 30.1 Å². The number of carbonyl (C=O) groups excluding carboxylic acids is 1. The Balaban J connectivity index is 1.64. The van der Waals surface area contributed by atoms with Gasteiger partial charge >= 0.3 is 0 Å². The Labute approximate surface area is 127 Å². The molecule has 2 aliphatic heterocycles. The first-order valence-corrected chi connectivity index (χ1v) is 8.09. The Kier molecular flexibility index (Phi) is 4.44. The average molecular weight is 287 g/mol. The lowest BCUT2D eigenvalue weighted by Gasteiger charge is -2.32. The summed E-state index contributed by atoms with van der Waals surface area (Å²) in [5.41, 5.74) is 2.06. The van der Waals surface area contributed by atoms with Crippen molar-refractivity contribution in [1.29, 1.82) is 0 Å². The molecule has 0 saturated carbocycles. The normalized spacial score (nSPS) is 20.6. The van der Waals surface area contributed by atoms with E-state index in [1.165, 1.54) is 18.5 Å². The fraction of sp³-hybridized carbons (Fsp3) is 0.588. The molecule has 1 aromatic carbocycles. The van der Waals surface area contributed by atoms with Gasteiger partial charge in [0.2, 0.25) is 0 Å². The molecule has 114 valence electrons. The summed E-state index contributed by atoms with van der Waals surface area (Å²) in [5.74, 6) is 1.00. The molecule has 2 saturated heterocycles. The van der Waals surface area contributed by atoms with Crippen LogP contribution in [0, 0.1) is 5.92 Å². The van der Waals surface area contributed by atoms with E-state index < -0.39 is 0 Å². The van der Waals surface area contributed by atoms with Crippen LogP contribution in [0.3, 0.4) is 0 Å². The molecule has 0 aromatic heterocycles. The summed E-state index contributed by atoms with van der Waals surface area (Å²) >= 11 is 0. The van der Waals surface area contributed by atoms with Crippen LogP contribution in [-0.2, 0) is 0 Å². The number of nitrogens with one attached hydrogen (secondary N) is 1. The lowest BCUT2D eigenvalue weighted by atomic mass is 9.98. The third kappa shape index (κ3) is 3.38. The van der Waals surface area contributed by atoms with Crippen molar-refractivity contribution in [1.82, 2.24) is 10.2 Å². The Bertz CT molecular complexity index is 471. The Morgan fingerprint density at radius 3 is 2.29 bits per heavy atom. The summed E-state index contributed by atoms with van der Waals surface area (Å²) in [6.45, 7) is 8.01. The summed E-state index contributed by atoms with van der Waals surface area (Å²) in [4.78, 5) is 16.8. The third-order valence-electron chi connectivity index (χ3n) is 4.67. The maximum Gasteiger partial charge on any atom is 0.253 e. The minimum Gasteiger partial charge on any atom is -0.372 e. The number of hydrogen-bond acceptors (Lipinski definition) is 3. The number of piperazine rings is 1. The Morgan fingerprint density at radius 1 is 1.05 bits per heavy atom. The molecule has 21 heavy (non-hydrogen) atoms. The predicted octanol–water partition coefficient (Wildman–Crippen LogP) is 1.97. The van der Waals surface area contributed by atoms with E-state index in [0.717, 1.165) is 50.7 Å². The van der Waals surface area contributed by atoms with Gasteiger partial charge in [-0.15, -0.1) is 0 Å². The van der Waals surface area contributed by atoms with Crippen LogP contribution in [0.4, 0.5) is 5.69 Å². The molecule has 3 rings (SSSR count). The monoisotopic (exact) mass is 287 g/mol. The standard InChI is InChI=1S/C17H25N3O/c1-14-6-10-19(11-7-14)16-4-2-15(3-5-16)17(21)20-12-8-18-9-13-20/h2-5,14,18H,6-13H2,1H3. The number of anilines is 1. The van der Waals surface area contributed by atoms with Gasteiger partial charge in [-0.3, -0.25) is 4.79 Å². The Hall–Kier alpha value is -1.55. The minimum atomic E-state index is 0.162. The second-order valence-corrected chi connectivity index (χ2v) is 6.26. The molecule has 4 nitrogen and oxygen atoms in total. The topological polar surface area (TPSA) is 35.6 Å². The van der Waals surface area contributed by atoms with E-state index in [0.29, 0.717) is 0 Å². The van der Waals surface area contributed by atoms with Gasteiger partial charge in [0.15, 0.2) is 0 Å². The molecule has 0 radical (unpaired) electrons. The molecule has 0 bridgehead atoms. The van der Waals surface area contributed by atoms with E-state index in [9.17, 15) is 4.79 Å². The molecule has 0 unspecified atom stereocenters. The van der Waals surface area contributed by atoms with Crippen molar-refractivity contribution in [2.45, 2.75) is 19.8 Å². The van der Waals surface area contributed by atoms with E-state index in [-0.39, 0.29) is 5.91 Å². The predicted molar refractivity (Wildman–Crippen MR) is 85.8 cm³/mol. The van der Waals surface area contributed by atoms with Crippen molar-refractivity contribution < 1.29 is 4.79 Å². The van der Waals surface area contributed by atoms with Gasteiger partial charge in [0.05, 0.1) is 0 Å². The second kappa shape index (κ2) is 6.48. The van der Waals surface area contributed by atoms with Crippen molar-refractivity contribution in [3.05, 3.63) is 29.8 Å². The largest absolute Gasteiger partial charge is 0.372 e. The maximum absolute atomic E-state index is 12.4. The van der Waals surface area contributed by atoms with Crippen LogP contribution in [0.25, 0.3) is 0 Å². The molecule has 1 N–H and O–H groups in total. The maximum atomic E-state index is 12.4. The molecule has 1 amide bonds. The fourth-order valence-electron chi connectivity index (χ4n) is 3.13. The molecule has 0 spiro atoms. The molecule has 2 aliphatic rings. The molecular weight excluding hydrogens is 262 g/mol. The van der Waals surface area contributed by atoms with Crippen LogP contribution in [0.15, 0.2) is 24.3 Å². The number of piperidine rings is 1. The van der Waals surface area contributed by atoms with Crippen molar-refractivity contribution in [2.75, 3.05) is 44.2 Å². The number of nitrogens with zero attached hydrogens (tertiary/aromatic N) is 2. The van der Waals surface area contributed by atoms with Crippen molar-refractivity contribution in [3.8, 4) is 0 Å². The Morgan fingerprint density at radius 2 is 1.67 bits per heavy atom. The summed E-state index contributed by atoms with van der Waals surface area (Å²) in [6.07, 6.45) is 2.53. The summed E-state index contributed by atoms with van der Waals surface area (Å²) in [7, 11) is 0. The van der Waals surface area contributed by atoms with Gasteiger partial charge in [0, 0.05) is 50.5 Å². The third-order valence-corrected chi connectivity index (χ3v) is 4.67. The van der Waals surface area contributed by atoms with Gasteiger partial charge in [0.1, 0.15) is 0 Å². The van der Waals surface area contributed by atoms with Gasteiger partial charge in [-0.1, -0.05) is 6.92 Å². The van der Waals surface area contributed by atoms with Gasteiger partial charge in [0.25, 0.3) is 5.91 Å².